The van der Waals surface area contributed by atoms with Crippen LogP contribution in [0.1, 0.15) is 24.1 Å². The van der Waals surface area contributed by atoms with Crippen molar-refractivity contribution in [3.8, 4) is 11.1 Å². The molecule has 1 saturated heterocycles. The zero-order valence-corrected chi connectivity index (χ0v) is 18.9. The van der Waals surface area contributed by atoms with Crippen LogP contribution in [-0.2, 0) is 0 Å². The molecule has 3 aromatic rings. The monoisotopic (exact) mass is 476 g/mol. The number of hydrogen-bond donors (Lipinski definition) is 2. The van der Waals surface area contributed by atoms with Gasteiger partial charge in [-0.25, -0.2) is 19.2 Å². The minimum absolute atomic E-state index is 0.0199. The number of urea groups is 1. The maximum atomic E-state index is 14.7. The number of carbonyl (C=O) groups excluding carboxylic acids is 1. The Hall–Kier alpha value is -3.50. The van der Waals surface area contributed by atoms with Gasteiger partial charge in [0.05, 0.1) is 5.69 Å². The number of carbonyl (C=O) groups is 1. The summed E-state index contributed by atoms with van der Waals surface area (Å²) < 4.78 is 52.7. The number of nitrogens with zero attached hydrogens (tertiary/aromatic N) is 4. The molecule has 1 aliphatic heterocycles. The van der Waals surface area contributed by atoms with Gasteiger partial charge < -0.3 is 15.5 Å². The van der Waals surface area contributed by atoms with Gasteiger partial charge in [-0.05, 0) is 55.5 Å². The lowest BCUT2D eigenvalue weighted by atomic mass is 9.97. The van der Waals surface area contributed by atoms with Crippen molar-refractivity contribution in [2.75, 3.05) is 30.8 Å². The van der Waals surface area contributed by atoms with E-state index in [0.29, 0.717) is 33.8 Å². The van der Waals surface area contributed by atoms with Crippen LogP contribution in [0, 0.1) is 25.6 Å². The number of anilines is 2. The van der Waals surface area contributed by atoms with Crippen LogP contribution in [-0.4, -0.2) is 52.2 Å². The fourth-order valence-electron chi connectivity index (χ4n) is 4.21. The summed E-state index contributed by atoms with van der Waals surface area (Å²) in [7, 11) is 1.71. The average Bonchev–Trinajstić information content (AvgIpc) is 3.21. The lowest BCUT2D eigenvalue weighted by molar-refractivity contribution is -0.143. The number of halogens is 4. The first-order chi connectivity index (χ1) is 16.0. The molecule has 2 amide bonds. The zero-order chi connectivity index (χ0) is 24.6. The summed E-state index contributed by atoms with van der Waals surface area (Å²) in [6, 6.07) is 4.06. The quantitative estimate of drug-likeness (QED) is 0.500. The SMILES string of the molecule is CNc1ncc2cc(-c3cc(NC(=O)N4CC[C@@H](CC(F)(F)F)C4)c(F)cc3C)c(C)nc2n1. The summed E-state index contributed by atoms with van der Waals surface area (Å²) in [5.74, 6) is -0.843. The number of fused-ring (bicyclic) bond motifs is 1. The van der Waals surface area contributed by atoms with E-state index in [4.69, 9.17) is 0 Å². The van der Waals surface area contributed by atoms with Gasteiger partial charge in [-0.1, -0.05) is 0 Å². The molecule has 0 saturated carbocycles. The molecule has 2 N–H and O–H groups in total. The number of hydrogen-bond acceptors (Lipinski definition) is 5. The second-order valence-electron chi connectivity index (χ2n) is 8.47. The number of aryl methyl sites for hydroxylation is 2. The number of amides is 2. The third-order valence-electron chi connectivity index (χ3n) is 5.92. The minimum Gasteiger partial charge on any atom is -0.357 e. The molecule has 0 bridgehead atoms. The number of nitrogens with one attached hydrogen (secondary N) is 2. The molecule has 11 heteroatoms. The molecule has 3 heterocycles. The molecule has 34 heavy (non-hydrogen) atoms. The molecule has 7 nitrogen and oxygen atoms in total. The summed E-state index contributed by atoms with van der Waals surface area (Å²) in [6.45, 7) is 3.72. The Bertz CT molecular complexity index is 1250. The first kappa shape index (κ1) is 23.7. The fourth-order valence-corrected chi connectivity index (χ4v) is 4.21. The lowest BCUT2D eigenvalue weighted by Gasteiger charge is -2.19. The molecule has 0 spiro atoms. The van der Waals surface area contributed by atoms with Crippen molar-refractivity contribution in [3.63, 3.8) is 0 Å². The summed E-state index contributed by atoms with van der Waals surface area (Å²) in [4.78, 5) is 27.0. The lowest BCUT2D eigenvalue weighted by Crippen LogP contribution is -2.33. The predicted octanol–water partition coefficient (Wildman–Crippen LogP) is 5.30. The maximum absolute atomic E-state index is 14.7. The Kier molecular flexibility index (Phi) is 6.28. The van der Waals surface area contributed by atoms with Crippen LogP contribution in [0.4, 0.5) is 34.0 Å². The minimum atomic E-state index is -4.28. The molecule has 1 aromatic carbocycles. The fraction of sp³-hybridized carbons (Fsp3) is 0.391. The standard InChI is InChI=1S/C23H24F4N6O/c1-12-6-18(24)19(31-22(34)33-5-4-14(11-33)9-23(25,26)27)8-16(12)17-7-15-10-29-21(28-3)32-20(15)30-13(17)2/h6-8,10,14H,4-5,9,11H2,1-3H3,(H,31,34)(H,28,29,30,32)/t14-/m0/s1. The first-order valence-corrected chi connectivity index (χ1v) is 10.8. The van der Waals surface area contributed by atoms with Crippen LogP contribution in [0.3, 0.4) is 0 Å². The summed E-state index contributed by atoms with van der Waals surface area (Å²) in [6.07, 6.45) is -3.32. The summed E-state index contributed by atoms with van der Waals surface area (Å²) in [5, 5.41) is 6.08. The highest BCUT2D eigenvalue weighted by molar-refractivity contribution is 5.91. The highest BCUT2D eigenvalue weighted by atomic mass is 19.4. The third-order valence-corrected chi connectivity index (χ3v) is 5.92. The maximum Gasteiger partial charge on any atom is 0.389 e. The van der Waals surface area contributed by atoms with Crippen LogP contribution in [0.25, 0.3) is 22.2 Å². The Balaban J connectivity index is 1.59. The Labute approximate surface area is 193 Å². The van der Waals surface area contributed by atoms with E-state index in [1.165, 1.54) is 17.0 Å². The van der Waals surface area contributed by atoms with E-state index in [0.717, 1.165) is 5.56 Å². The number of pyridine rings is 1. The highest BCUT2D eigenvalue weighted by Gasteiger charge is 2.36. The van der Waals surface area contributed by atoms with Crippen LogP contribution in [0.5, 0.6) is 0 Å². The normalized spacial score (nSPS) is 16.2. The number of benzene rings is 1. The smallest absolute Gasteiger partial charge is 0.357 e. The summed E-state index contributed by atoms with van der Waals surface area (Å²) in [5.41, 5.74) is 3.15. The molecular weight excluding hydrogens is 452 g/mol. The van der Waals surface area contributed by atoms with Crippen molar-refractivity contribution in [2.45, 2.75) is 32.9 Å². The number of likely N-dealkylation sites (tertiary alicyclic amines) is 1. The van der Waals surface area contributed by atoms with Crippen LogP contribution < -0.4 is 10.6 Å². The van der Waals surface area contributed by atoms with Crippen molar-refractivity contribution < 1.29 is 22.4 Å². The molecular formula is C23H24F4N6O. The number of rotatable bonds is 4. The van der Waals surface area contributed by atoms with Gasteiger partial charge in [-0.3, -0.25) is 0 Å². The van der Waals surface area contributed by atoms with E-state index in [1.54, 1.807) is 20.2 Å². The van der Waals surface area contributed by atoms with Gasteiger partial charge in [0.2, 0.25) is 5.95 Å². The van der Waals surface area contributed by atoms with Crippen molar-refractivity contribution in [1.29, 1.82) is 0 Å². The Morgan fingerprint density at radius 2 is 1.94 bits per heavy atom. The molecule has 1 fully saturated rings. The van der Waals surface area contributed by atoms with Crippen LogP contribution in [0.15, 0.2) is 24.4 Å². The topological polar surface area (TPSA) is 83.0 Å². The largest absolute Gasteiger partial charge is 0.389 e. The molecule has 1 atom stereocenters. The molecule has 2 aromatic heterocycles. The summed E-state index contributed by atoms with van der Waals surface area (Å²) >= 11 is 0. The van der Waals surface area contributed by atoms with Crippen molar-refractivity contribution >= 4 is 28.7 Å². The van der Waals surface area contributed by atoms with Gasteiger partial charge in [0.25, 0.3) is 0 Å². The Morgan fingerprint density at radius 3 is 2.65 bits per heavy atom. The van der Waals surface area contributed by atoms with Gasteiger partial charge in [-0.2, -0.15) is 18.2 Å². The van der Waals surface area contributed by atoms with E-state index in [1.807, 2.05) is 13.0 Å². The van der Waals surface area contributed by atoms with Gasteiger partial charge in [0.15, 0.2) is 5.65 Å². The predicted molar refractivity (Wildman–Crippen MR) is 121 cm³/mol. The van der Waals surface area contributed by atoms with E-state index in [-0.39, 0.29) is 25.2 Å². The van der Waals surface area contributed by atoms with Crippen LogP contribution >= 0.6 is 0 Å². The van der Waals surface area contributed by atoms with Gasteiger partial charge in [0.1, 0.15) is 5.82 Å². The van der Waals surface area contributed by atoms with E-state index < -0.39 is 30.4 Å². The molecule has 1 aliphatic rings. The zero-order valence-electron chi connectivity index (χ0n) is 18.9. The highest BCUT2D eigenvalue weighted by Crippen LogP contribution is 2.33. The van der Waals surface area contributed by atoms with E-state index in [2.05, 4.69) is 25.6 Å². The van der Waals surface area contributed by atoms with Crippen LogP contribution in [0.2, 0.25) is 0 Å². The van der Waals surface area contributed by atoms with Gasteiger partial charge >= 0.3 is 12.2 Å². The first-order valence-electron chi connectivity index (χ1n) is 10.8. The molecule has 0 radical (unpaired) electrons. The van der Waals surface area contributed by atoms with Gasteiger partial charge in [-0.15, -0.1) is 0 Å². The number of alkyl halides is 3. The van der Waals surface area contributed by atoms with E-state index in [9.17, 15) is 22.4 Å². The van der Waals surface area contributed by atoms with Gasteiger partial charge in [0, 0.05) is 49.4 Å². The van der Waals surface area contributed by atoms with Crippen molar-refractivity contribution in [3.05, 3.63) is 41.5 Å². The number of aromatic nitrogens is 3. The average molecular weight is 476 g/mol. The van der Waals surface area contributed by atoms with E-state index >= 15 is 0 Å². The second-order valence-corrected chi connectivity index (χ2v) is 8.47. The molecule has 180 valence electrons. The molecule has 4 rings (SSSR count). The second kappa shape index (κ2) is 9.03. The third kappa shape index (κ3) is 5.02. The molecule has 0 aliphatic carbocycles. The van der Waals surface area contributed by atoms with Crippen molar-refractivity contribution in [1.82, 2.24) is 19.9 Å². The Morgan fingerprint density at radius 1 is 1.18 bits per heavy atom. The molecule has 0 unspecified atom stereocenters. The van der Waals surface area contributed by atoms with Crippen molar-refractivity contribution in [2.24, 2.45) is 5.92 Å².